The van der Waals surface area contributed by atoms with Crippen LogP contribution in [0.25, 0.3) is 0 Å². The Morgan fingerprint density at radius 3 is 2.56 bits per heavy atom. The molecule has 2 N–H and O–H groups in total. The molecule has 0 aromatic heterocycles. The summed E-state index contributed by atoms with van der Waals surface area (Å²) in [6, 6.07) is 14.1. The van der Waals surface area contributed by atoms with E-state index < -0.39 is 5.91 Å². The minimum absolute atomic E-state index is 0.0742. The number of thiocyanates is 1. The first-order valence-electron chi connectivity index (χ1n) is 7.14. The third-order valence-electron chi connectivity index (χ3n) is 3.28. The van der Waals surface area contributed by atoms with E-state index in [1.165, 1.54) is 6.20 Å². The van der Waals surface area contributed by atoms with Crippen molar-refractivity contribution in [2.75, 3.05) is 10.6 Å². The van der Waals surface area contributed by atoms with Gasteiger partial charge in [0.25, 0.3) is 5.91 Å². The zero-order valence-corrected chi connectivity index (χ0v) is 14.8. The van der Waals surface area contributed by atoms with Crippen LogP contribution in [0.15, 0.2) is 59.1 Å². The van der Waals surface area contributed by atoms with Crippen molar-refractivity contribution in [3.05, 3.63) is 64.8 Å². The molecular weight excluding hydrogens is 356 g/mol. The van der Waals surface area contributed by atoms with Gasteiger partial charge in [0.15, 0.2) is 0 Å². The smallest absolute Gasteiger partial charge is 0.267 e. The van der Waals surface area contributed by atoms with Gasteiger partial charge >= 0.3 is 0 Å². The van der Waals surface area contributed by atoms with Crippen LogP contribution >= 0.6 is 23.4 Å². The Bertz CT molecular complexity index is 895. The molecule has 0 fully saturated rings. The molecule has 2 aromatic carbocycles. The van der Waals surface area contributed by atoms with E-state index in [0.717, 1.165) is 22.2 Å². The molecule has 0 aliphatic carbocycles. The third kappa shape index (κ3) is 5.02. The zero-order valence-electron chi connectivity index (χ0n) is 13.2. The summed E-state index contributed by atoms with van der Waals surface area (Å²) in [5.74, 6) is -0.531. The van der Waals surface area contributed by atoms with Crippen LogP contribution in [0.5, 0.6) is 0 Å². The van der Waals surface area contributed by atoms with Gasteiger partial charge in [-0.25, -0.2) is 0 Å². The number of amides is 1. The van der Waals surface area contributed by atoms with Gasteiger partial charge in [0.1, 0.15) is 17.0 Å². The topological polar surface area (TPSA) is 88.7 Å². The highest BCUT2D eigenvalue weighted by molar-refractivity contribution is 8.03. The van der Waals surface area contributed by atoms with E-state index in [1.54, 1.807) is 49.4 Å². The van der Waals surface area contributed by atoms with Crippen LogP contribution in [-0.2, 0) is 4.79 Å². The summed E-state index contributed by atoms with van der Waals surface area (Å²) in [6.07, 6.45) is 1.33. The lowest BCUT2D eigenvalue weighted by atomic mass is 10.2. The van der Waals surface area contributed by atoms with Crippen molar-refractivity contribution in [2.24, 2.45) is 0 Å². The van der Waals surface area contributed by atoms with Crippen LogP contribution in [0.2, 0.25) is 5.02 Å². The molecular formula is C18H13ClN4OS. The first kappa shape index (κ1) is 18.4. The van der Waals surface area contributed by atoms with E-state index in [9.17, 15) is 10.1 Å². The number of hydrogen-bond acceptors (Lipinski definition) is 5. The lowest BCUT2D eigenvalue weighted by Gasteiger charge is -2.09. The average molecular weight is 369 g/mol. The van der Waals surface area contributed by atoms with Crippen molar-refractivity contribution >= 4 is 40.6 Å². The number of anilines is 2. The Labute approximate surface area is 154 Å². The maximum Gasteiger partial charge on any atom is 0.267 e. The first-order chi connectivity index (χ1) is 12.0. The number of rotatable bonds is 5. The number of nitriles is 2. The number of nitrogens with one attached hydrogen (secondary N) is 2. The lowest BCUT2D eigenvalue weighted by Crippen LogP contribution is -2.15. The second-order valence-electron chi connectivity index (χ2n) is 4.90. The lowest BCUT2D eigenvalue weighted by molar-refractivity contribution is -0.112. The van der Waals surface area contributed by atoms with Crippen LogP contribution in [0, 0.1) is 28.9 Å². The molecule has 2 aromatic rings. The van der Waals surface area contributed by atoms with Crippen molar-refractivity contribution in [3.8, 4) is 11.5 Å². The molecule has 1 amide bonds. The summed E-state index contributed by atoms with van der Waals surface area (Å²) in [5.41, 5.74) is 1.90. The standard InChI is InChI=1S/C18H13ClN4OS/c1-12-16(19)3-2-4-17(12)23-18(24)13(9-20)10-22-14-5-7-15(8-6-14)25-11-21/h2-8,10,22H,1H3,(H,23,24)/b13-10-. The summed E-state index contributed by atoms with van der Waals surface area (Å²) in [5, 5.41) is 25.9. The number of hydrogen-bond donors (Lipinski definition) is 2. The molecule has 0 aliphatic heterocycles. The summed E-state index contributed by atoms with van der Waals surface area (Å²) < 4.78 is 0. The molecule has 5 nitrogen and oxygen atoms in total. The van der Waals surface area contributed by atoms with Gasteiger partial charge in [-0.05, 0) is 60.6 Å². The predicted octanol–water partition coefficient (Wildman–Crippen LogP) is 4.68. The second-order valence-corrected chi connectivity index (χ2v) is 6.16. The molecule has 0 spiro atoms. The predicted molar refractivity (Wildman–Crippen MR) is 100 cm³/mol. The maximum absolute atomic E-state index is 12.2. The van der Waals surface area contributed by atoms with E-state index in [4.69, 9.17) is 16.9 Å². The van der Waals surface area contributed by atoms with Gasteiger partial charge in [-0.15, -0.1) is 0 Å². The fourth-order valence-corrected chi connectivity index (χ4v) is 2.46. The van der Waals surface area contributed by atoms with Crippen LogP contribution in [0.3, 0.4) is 0 Å². The van der Waals surface area contributed by atoms with E-state index in [1.807, 2.05) is 11.5 Å². The molecule has 0 unspecified atom stereocenters. The number of halogens is 1. The third-order valence-corrected chi connectivity index (χ3v) is 4.29. The van der Waals surface area contributed by atoms with Crippen molar-refractivity contribution in [1.29, 1.82) is 10.5 Å². The molecule has 0 bridgehead atoms. The molecule has 0 heterocycles. The number of carbonyl (C=O) groups is 1. The fraction of sp³-hybridized carbons (Fsp3) is 0.0556. The van der Waals surface area contributed by atoms with Crippen molar-refractivity contribution in [1.82, 2.24) is 0 Å². The molecule has 124 valence electrons. The molecule has 25 heavy (non-hydrogen) atoms. The largest absolute Gasteiger partial charge is 0.360 e. The van der Waals surface area contributed by atoms with Crippen LogP contribution < -0.4 is 10.6 Å². The Morgan fingerprint density at radius 2 is 1.92 bits per heavy atom. The van der Waals surface area contributed by atoms with E-state index in [2.05, 4.69) is 10.6 Å². The van der Waals surface area contributed by atoms with Gasteiger partial charge in [-0.1, -0.05) is 17.7 Å². The van der Waals surface area contributed by atoms with Crippen LogP contribution in [0.4, 0.5) is 11.4 Å². The Morgan fingerprint density at radius 1 is 1.20 bits per heavy atom. The minimum Gasteiger partial charge on any atom is -0.360 e. The minimum atomic E-state index is -0.531. The Balaban J connectivity index is 2.09. The van der Waals surface area contributed by atoms with Gasteiger partial charge in [0.05, 0.1) is 0 Å². The normalized spacial score (nSPS) is 10.5. The molecule has 0 saturated heterocycles. The SMILES string of the molecule is Cc1c(Cl)cccc1NC(=O)/C(C#N)=C\Nc1ccc(SC#N)cc1. The van der Waals surface area contributed by atoms with Gasteiger partial charge < -0.3 is 10.6 Å². The monoisotopic (exact) mass is 368 g/mol. The first-order valence-corrected chi connectivity index (χ1v) is 8.34. The summed E-state index contributed by atoms with van der Waals surface area (Å²) >= 11 is 7.08. The van der Waals surface area contributed by atoms with Crippen molar-refractivity contribution < 1.29 is 4.79 Å². The Kier molecular flexibility index (Phi) is 6.47. The molecule has 0 atom stereocenters. The van der Waals surface area contributed by atoms with Crippen molar-refractivity contribution in [3.63, 3.8) is 0 Å². The Hall–Kier alpha value is -2.93. The number of thioether (sulfide) groups is 1. The van der Waals surface area contributed by atoms with Crippen LogP contribution in [0.1, 0.15) is 5.56 Å². The molecule has 2 rings (SSSR count). The number of benzene rings is 2. The fourth-order valence-electron chi connectivity index (χ4n) is 1.91. The van der Waals surface area contributed by atoms with E-state index in [-0.39, 0.29) is 5.57 Å². The number of carbonyl (C=O) groups excluding carboxylic acids is 1. The molecule has 7 heteroatoms. The quantitative estimate of drug-likeness (QED) is 0.346. The van der Waals surface area contributed by atoms with Gasteiger partial charge in [0, 0.05) is 27.5 Å². The average Bonchev–Trinajstić information content (AvgIpc) is 2.61. The van der Waals surface area contributed by atoms with Gasteiger partial charge in [-0.2, -0.15) is 10.5 Å². The van der Waals surface area contributed by atoms with Gasteiger partial charge in [-0.3, -0.25) is 4.79 Å². The van der Waals surface area contributed by atoms with Crippen molar-refractivity contribution in [2.45, 2.75) is 11.8 Å². The highest BCUT2D eigenvalue weighted by Crippen LogP contribution is 2.23. The highest BCUT2D eigenvalue weighted by atomic mass is 35.5. The summed E-state index contributed by atoms with van der Waals surface area (Å²) in [6.45, 7) is 1.78. The second kappa shape index (κ2) is 8.79. The maximum atomic E-state index is 12.2. The van der Waals surface area contributed by atoms with E-state index in [0.29, 0.717) is 16.4 Å². The summed E-state index contributed by atoms with van der Waals surface area (Å²) in [7, 11) is 0. The molecule has 0 aliphatic rings. The summed E-state index contributed by atoms with van der Waals surface area (Å²) in [4.78, 5) is 13.1. The van der Waals surface area contributed by atoms with E-state index >= 15 is 0 Å². The van der Waals surface area contributed by atoms with Gasteiger partial charge in [0.2, 0.25) is 0 Å². The number of nitrogens with zero attached hydrogens (tertiary/aromatic N) is 2. The molecule has 0 saturated carbocycles. The molecule has 0 radical (unpaired) electrons. The zero-order chi connectivity index (χ0) is 18.2. The highest BCUT2D eigenvalue weighted by Gasteiger charge is 2.11. The van der Waals surface area contributed by atoms with Crippen LogP contribution in [-0.4, -0.2) is 5.91 Å².